The van der Waals surface area contributed by atoms with Crippen LogP contribution in [0.4, 0.5) is 0 Å². The van der Waals surface area contributed by atoms with Crippen LogP contribution in [0.1, 0.15) is 37.7 Å². The molecule has 0 aliphatic heterocycles. The molecule has 0 saturated heterocycles. The van der Waals surface area contributed by atoms with E-state index in [0.717, 1.165) is 56.4 Å². The highest BCUT2D eigenvalue weighted by Gasteiger charge is 2.03. The van der Waals surface area contributed by atoms with Gasteiger partial charge in [0.2, 0.25) is 5.91 Å². The standard InChI is InChI=1S/C21H26N4O/c26-20(10-9-18-7-5-12-22-17-18)23-13-3-1-2-4-15-25-16-11-19-8-6-14-24-21(19)25/h5-8,11-12,14,16-17H,1-4,9-10,13,15H2,(H,23,26). The van der Waals surface area contributed by atoms with Gasteiger partial charge < -0.3 is 9.88 Å². The number of unbranched alkanes of at least 4 members (excludes halogenated alkanes) is 3. The van der Waals surface area contributed by atoms with Crippen molar-refractivity contribution in [3.05, 3.63) is 60.7 Å². The highest BCUT2D eigenvalue weighted by molar-refractivity contribution is 5.76. The Hall–Kier alpha value is -2.69. The van der Waals surface area contributed by atoms with Gasteiger partial charge in [-0.25, -0.2) is 4.98 Å². The highest BCUT2D eigenvalue weighted by atomic mass is 16.1. The number of nitrogens with zero attached hydrogens (tertiary/aromatic N) is 3. The molecule has 1 N–H and O–H groups in total. The number of carbonyl (C=O) groups is 1. The van der Waals surface area contributed by atoms with Gasteiger partial charge in [0.05, 0.1) is 0 Å². The zero-order valence-corrected chi connectivity index (χ0v) is 15.1. The molecule has 1 amide bonds. The fourth-order valence-electron chi connectivity index (χ4n) is 3.08. The second kappa shape index (κ2) is 9.70. The molecule has 0 saturated carbocycles. The Balaban J connectivity index is 1.24. The van der Waals surface area contributed by atoms with Gasteiger partial charge in [-0.3, -0.25) is 9.78 Å². The molecule has 0 bridgehead atoms. The van der Waals surface area contributed by atoms with Crippen molar-refractivity contribution in [2.75, 3.05) is 6.54 Å². The summed E-state index contributed by atoms with van der Waals surface area (Å²) in [6.45, 7) is 1.76. The summed E-state index contributed by atoms with van der Waals surface area (Å²) in [6, 6.07) is 10.1. The van der Waals surface area contributed by atoms with Gasteiger partial charge >= 0.3 is 0 Å². The van der Waals surface area contributed by atoms with Crippen molar-refractivity contribution in [1.29, 1.82) is 0 Å². The van der Waals surface area contributed by atoms with Crippen molar-refractivity contribution in [2.24, 2.45) is 0 Å². The number of hydrogen-bond acceptors (Lipinski definition) is 3. The molecule has 0 aliphatic carbocycles. The van der Waals surface area contributed by atoms with Crippen molar-refractivity contribution in [3.8, 4) is 0 Å². The van der Waals surface area contributed by atoms with Crippen LogP contribution < -0.4 is 5.32 Å². The van der Waals surface area contributed by atoms with E-state index in [1.54, 1.807) is 6.20 Å². The minimum atomic E-state index is 0.124. The lowest BCUT2D eigenvalue weighted by atomic mass is 10.1. The molecule has 0 aromatic carbocycles. The van der Waals surface area contributed by atoms with Crippen LogP contribution in [0.3, 0.4) is 0 Å². The van der Waals surface area contributed by atoms with Crippen molar-refractivity contribution in [1.82, 2.24) is 19.9 Å². The molecule has 3 aromatic heterocycles. The zero-order chi connectivity index (χ0) is 18.0. The van der Waals surface area contributed by atoms with Gasteiger partial charge in [0, 0.05) is 49.7 Å². The highest BCUT2D eigenvalue weighted by Crippen LogP contribution is 2.13. The number of nitrogens with one attached hydrogen (secondary N) is 1. The van der Waals surface area contributed by atoms with Gasteiger partial charge in [-0.1, -0.05) is 18.9 Å². The number of aromatic nitrogens is 3. The molecule has 3 rings (SSSR count). The van der Waals surface area contributed by atoms with E-state index in [9.17, 15) is 4.79 Å². The first-order valence-corrected chi connectivity index (χ1v) is 9.38. The molecule has 0 spiro atoms. The van der Waals surface area contributed by atoms with E-state index in [0.29, 0.717) is 6.42 Å². The maximum Gasteiger partial charge on any atom is 0.220 e. The number of hydrogen-bond donors (Lipinski definition) is 1. The third-order valence-electron chi connectivity index (χ3n) is 4.53. The monoisotopic (exact) mass is 350 g/mol. The third kappa shape index (κ3) is 5.41. The van der Waals surface area contributed by atoms with Crippen LogP contribution in [-0.2, 0) is 17.8 Å². The van der Waals surface area contributed by atoms with Crippen LogP contribution in [0.2, 0.25) is 0 Å². The molecule has 26 heavy (non-hydrogen) atoms. The second-order valence-corrected chi connectivity index (χ2v) is 6.55. The number of amides is 1. The van der Waals surface area contributed by atoms with Crippen molar-refractivity contribution >= 4 is 16.9 Å². The van der Waals surface area contributed by atoms with E-state index in [1.807, 2.05) is 30.6 Å². The van der Waals surface area contributed by atoms with Crippen LogP contribution in [0.5, 0.6) is 0 Å². The largest absolute Gasteiger partial charge is 0.356 e. The van der Waals surface area contributed by atoms with Gasteiger partial charge in [-0.05, 0) is 49.1 Å². The quantitative estimate of drug-likeness (QED) is 0.567. The van der Waals surface area contributed by atoms with E-state index in [-0.39, 0.29) is 5.91 Å². The van der Waals surface area contributed by atoms with E-state index in [4.69, 9.17) is 0 Å². The first-order valence-electron chi connectivity index (χ1n) is 9.38. The molecule has 0 aliphatic rings. The van der Waals surface area contributed by atoms with Crippen LogP contribution in [-0.4, -0.2) is 27.0 Å². The lowest BCUT2D eigenvalue weighted by Crippen LogP contribution is -2.24. The van der Waals surface area contributed by atoms with Crippen molar-refractivity contribution in [2.45, 2.75) is 45.1 Å². The van der Waals surface area contributed by atoms with Crippen LogP contribution in [0.15, 0.2) is 55.1 Å². The molecule has 3 aromatic rings. The maximum absolute atomic E-state index is 11.8. The summed E-state index contributed by atoms with van der Waals surface area (Å²) in [6.07, 6.45) is 13.3. The van der Waals surface area contributed by atoms with E-state index < -0.39 is 0 Å². The molecule has 0 radical (unpaired) electrons. The minimum absolute atomic E-state index is 0.124. The van der Waals surface area contributed by atoms with Crippen molar-refractivity contribution < 1.29 is 4.79 Å². The first kappa shape index (κ1) is 18.1. The number of aryl methyl sites for hydroxylation is 2. The zero-order valence-electron chi connectivity index (χ0n) is 15.1. The summed E-state index contributed by atoms with van der Waals surface area (Å²) in [5.41, 5.74) is 2.17. The smallest absolute Gasteiger partial charge is 0.220 e. The molecule has 3 heterocycles. The van der Waals surface area contributed by atoms with Crippen LogP contribution >= 0.6 is 0 Å². The van der Waals surface area contributed by atoms with Crippen LogP contribution in [0.25, 0.3) is 11.0 Å². The number of fused-ring (bicyclic) bond motifs is 1. The fraction of sp³-hybridized carbons (Fsp3) is 0.381. The van der Waals surface area contributed by atoms with E-state index in [2.05, 4.69) is 38.2 Å². The Morgan fingerprint density at radius 2 is 1.92 bits per heavy atom. The summed E-state index contributed by atoms with van der Waals surface area (Å²) >= 11 is 0. The van der Waals surface area contributed by atoms with E-state index >= 15 is 0 Å². The van der Waals surface area contributed by atoms with Gasteiger partial charge in [0.1, 0.15) is 5.65 Å². The predicted molar refractivity (Wildman–Crippen MR) is 104 cm³/mol. The molecule has 5 heteroatoms. The molecule has 0 unspecified atom stereocenters. The predicted octanol–water partition coefficient (Wildman–Crippen LogP) is 3.74. The van der Waals surface area contributed by atoms with Crippen molar-refractivity contribution in [3.63, 3.8) is 0 Å². The third-order valence-corrected chi connectivity index (χ3v) is 4.53. The molecule has 5 nitrogen and oxygen atoms in total. The Bertz CT molecular complexity index is 813. The lowest BCUT2D eigenvalue weighted by Gasteiger charge is -2.06. The fourth-order valence-corrected chi connectivity index (χ4v) is 3.08. The summed E-state index contributed by atoms with van der Waals surface area (Å²) < 4.78 is 2.22. The Kier molecular flexibility index (Phi) is 6.76. The number of carbonyl (C=O) groups excluding carboxylic acids is 1. The van der Waals surface area contributed by atoms with Gasteiger partial charge in [0.25, 0.3) is 0 Å². The number of pyridine rings is 2. The van der Waals surface area contributed by atoms with Crippen LogP contribution in [0, 0.1) is 0 Å². The Labute approximate surface area is 154 Å². The van der Waals surface area contributed by atoms with Gasteiger partial charge in [-0.15, -0.1) is 0 Å². The summed E-state index contributed by atoms with van der Waals surface area (Å²) in [4.78, 5) is 20.3. The summed E-state index contributed by atoms with van der Waals surface area (Å²) in [5, 5.41) is 4.20. The lowest BCUT2D eigenvalue weighted by molar-refractivity contribution is -0.121. The molecule has 136 valence electrons. The average molecular weight is 350 g/mol. The Morgan fingerprint density at radius 1 is 1.04 bits per heavy atom. The molecule has 0 fully saturated rings. The molecular weight excluding hydrogens is 324 g/mol. The van der Waals surface area contributed by atoms with E-state index in [1.165, 1.54) is 5.39 Å². The minimum Gasteiger partial charge on any atom is -0.356 e. The number of rotatable bonds is 10. The summed E-state index contributed by atoms with van der Waals surface area (Å²) in [7, 11) is 0. The summed E-state index contributed by atoms with van der Waals surface area (Å²) in [5.74, 6) is 0.124. The first-order chi connectivity index (χ1) is 12.8. The van der Waals surface area contributed by atoms with Gasteiger partial charge in [0.15, 0.2) is 0 Å². The molecule has 0 atom stereocenters. The second-order valence-electron chi connectivity index (χ2n) is 6.55. The Morgan fingerprint density at radius 3 is 2.81 bits per heavy atom. The van der Waals surface area contributed by atoms with Gasteiger partial charge in [-0.2, -0.15) is 0 Å². The molecular formula is C21H26N4O. The normalized spacial score (nSPS) is 10.9. The topological polar surface area (TPSA) is 59.8 Å². The SMILES string of the molecule is O=C(CCc1cccnc1)NCCCCCCn1ccc2cccnc21. The maximum atomic E-state index is 11.8. The average Bonchev–Trinajstić information content (AvgIpc) is 3.10.